The Morgan fingerprint density at radius 1 is 0.274 bits per heavy atom. The number of ether oxygens (including phenoxy) is 1. The number of benzene rings is 12. The summed E-state index contributed by atoms with van der Waals surface area (Å²) in [4.78, 5) is 12.4. The molecule has 8 heteroatoms. The lowest BCUT2D eigenvalue weighted by Crippen LogP contribution is -2.64. The van der Waals surface area contributed by atoms with Gasteiger partial charge in [0.15, 0.2) is 0 Å². The zero-order valence-electron chi connectivity index (χ0n) is 47.3. The van der Waals surface area contributed by atoms with Crippen molar-refractivity contribution in [1.82, 2.24) is 0 Å². The third kappa shape index (κ3) is 7.67. The van der Waals surface area contributed by atoms with E-state index in [-0.39, 0.29) is 13.4 Å². The molecule has 0 aliphatic carbocycles. The van der Waals surface area contributed by atoms with E-state index in [1.165, 1.54) is 44.1 Å². The van der Waals surface area contributed by atoms with Crippen LogP contribution in [0.5, 0.6) is 11.5 Å². The van der Waals surface area contributed by atoms with Gasteiger partial charge in [-0.2, -0.15) is 0 Å². The molecule has 84 heavy (non-hydrogen) atoms. The fourth-order valence-corrected chi connectivity index (χ4v) is 14.0. The number of anilines is 15. The predicted molar refractivity (Wildman–Crippen MR) is 355 cm³/mol. The molecule has 12 aromatic rings. The highest BCUT2D eigenvalue weighted by Crippen LogP contribution is 2.51. The number of para-hydroxylation sites is 9. The van der Waals surface area contributed by atoms with E-state index in [1.807, 2.05) is 0 Å². The lowest BCUT2D eigenvalue weighted by molar-refractivity contribution is 0.488. The second-order valence-corrected chi connectivity index (χ2v) is 22.6. The van der Waals surface area contributed by atoms with E-state index >= 15 is 0 Å². The molecule has 6 nitrogen and oxygen atoms in total. The normalized spacial score (nSPS) is 13.0. The second-order valence-electron chi connectivity index (χ2n) is 22.6. The van der Waals surface area contributed by atoms with Crippen molar-refractivity contribution in [2.45, 2.75) is 27.7 Å². The molecule has 4 aliphatic heterocycles. The first kappa shape index (κ1) is 49.4. The van der Waals surface area contributed by atoms with Crippen LogP contribution in [0.25, 0.3) is 0 Å². The summed E-state index contributed by atoms with van der Waals surface area (Å²) in [5.41, 5.74) is 28.5. The molecule has 0 spiro atoms. The maximum Gasteiger partial charge on any atom is 0.256 e. The van der Waals surface area contributed by atoms with Gasteiger partial charge < -0.3 is 29.2 Å². The minimum Gasteiger partial charge on any atom is -0.458 e. The molecule has 0 saturated heterocycles. The first-order valence-corrected chi connectivity index (χ1v) is 29.2. The van der Waals surface area contributed by atoms with Crippen LogP contribution in [0.2, 0.25) is 0 Å². The van der Waals surface area contributed by atoms with Crippen molar-refractivity contribution in [3.63, 3.8) is 0 Å². The summed E-state index contributed by atoms with van der Waals surface area (Å²) in [6, 6.07) is 100. The second kappa shape index (κ2) is 19.6. The fraction of sp³-hybridized carbons (Fsp3) is 0.0526. The van der Waals surface area contributed by atoms with Gasteiger partial charge in [0.2, 0.25) is 0 Å². The molecule has 0 amide bonds. The van der Waals surface area contributed by atoms with Gasteiger partial charge in [-0.05, 0) is 174 Å². The zero-order chi connectivity index (χ0) is 56.2. The minimum absolute atomic E-state index is 0.148. The van der Waals surface area contributed by atoms with Gasteiger partial charge in [0.05, 0.1) is 11.4 Å². The molecule has 0 radical (unpaired) electrons. The zero-order valence-corrected chi connectivity index (χ0v) is 47.3. The molecule has 0 fully saturated rings. The highest BCUT2D eigenvalue weighted by atomic mass is 16.5. The minimum atomic E-state index is -0.163. The van der Waals surface area contributed by atoms with Crippen LogP contribution in [0, 0.1) is 27.7 Å². The largest absolute Gasteiger partial charge is 0.458 e. The third-order valence-corrected chi connectivity index (χ3v) is 17.7. The Kier molecular flexibility index (Phi) is 11.5. The van der Waals surface area contributed by atoms with E-state index in [2.05, 4.69) is 325 Å². The number of hydrogen-bond donors (Lipinski definition) is 0. The van der Waals surface area contributed by atoms with Gasteiger partial charge in [0.25, 0.3) is 13.4 Å². The van der Waals surface area contributed by atoms with Crippen molar-refractivity contribution in [2.75, 3.05) is 24.5 Å². The van der Waals surface area contributed by atoms with Gasteiger partial charge >= 0.3 is 0 Å². The number of aryl methyl sites for hydroxylation is 4. The molecule has 4 heterocycles. The number of fused-ring (bicyclic) bond motifs is 8. The summed E-state index contributed by atoms with van der Waals surface area (Å²) >= 11 is 0. The Labute approximate surface area is 492 Å². The molecule has 16 rings (SSSR count). The van der Waals surface area contributed by atoms with Crippen LogP contribution in [-0.2, 0) is 0 Å². The van der Waals surface area contributed by atoms with Crippen molar-refractivity contribution >= 4 is 132 Å². The lowest BCUT2D eigenvalue weighted by atomic mass is 9.30. The maximum absolute atomic E-state index is 7.74. The summed E-state index contributed by atoms with van der Waals surface area (Å²) in [7, 11) is 0. The fourth-order valence-electron chi connectivity index (χ4n) is 14.0. The van der Waals surface area contributed by atoms with Crippen molar-refractivity contribution in [3.05, 3.63) is 295 Å². The first-order valence-electron chi connectivity index (χ1n) is 29.2. The van der Waals surface area contributed by atoms with Crippen LogP contribution in [0.15, 0.2) is 273 Å². The topological polar surface area (TPSA) is 25.4 Å². The van der Waals surface area contributed by atoms with Crippen LogP contribution in [0.4, 0.5) is 85.3 Å². The highest BCUT2D eigenvalue weighted by Gasteiger charge is 2.48. The number of nitrogens with zero attached hydrogens (tertiary/aromatic N) is 5. The van der Waals surface area contributed by atoms with E-state index in [4.69, 9.17) is 4.74 Å². The Balaban J connectivity index is 0.991. The monoisotopic (exact) mass is 1080 g/mol. The van der Waals surface area contributed by atoms with E-state index < -0.39 is 0 Å². The van der Waals surface area contributed by atoms with Crippen molar-refractivity contribution in [3.8, 4) is 11.5 Å². The van der Waals surface area contributed by atoms with E-state index in [9.17, 15) is 0 Å². The number of hydrogen-bond acceptors (Lipinski definition) is 6. The van der Waals surface area contributed by atoms with Gasteiger partial charge in [-0.15, -0.1) is 0 Å². The van der Waals surface area contributed by atoms with Gasteiger partial charge in [0, 0.05) is 86.1 Å². The van der Waals surface area contributed by atoms with Crippen LogP contribution in [0.1, 0.15) is 22.3 Å². The van der Waals surface area contributed by atoms with Gasteiger partial charge in [-0.3, -0.25) is 0 Å². The molecule has 0 saturated carbocycles. The molecule has 0 aromatic heterocycles. The van der Waals surface area contributed by atoms with Gasteiger partial charge in [-0.25, -0.2) is 0 Å². The average molecular weight is 1080 g/mol. The maximum atomic E-state index is 7.74. The van der Waals surface area contributed by atoms with E-state index in [0.29, 0.717) is 0 Å². The molecular weight excluding hydrogens is 1020 g/mol. The molecule has 398 valence electrons. The van der Waals surface area contributed by atoms with Crippen molar-refractivity contribution < 1.29 is 4.74 Å². The molecule has 4 aliphatic rings. The quantitative estimate of drug-likeness (QED) is 0.134. The number of rotatable bonds is 9. The predicted octanol–water partition coefficient (Wildman–Crippen LogP) is 16.3. The summed E-state index contributed by atoms with van der Waals surface area (Å²) in [6.07, 6.45) is 0. The highest BCUT2D eigenvalue weighted by molar-refractivity contribution is 7.02. The molecular formula is C76H57B2N5O. The van der Waals surface area contributed by atoms with Crippen LogP contribution < -0.4 is 62.0 Å². The van der Waals surface area contributed by atoms with Crippen LogP contribution >= 0.6 is 0 Å². The van der Waals surface area contributed by atoms with Gasteiger partial charge in [-0.1, -0.05) is 170 Å². The molecule has 0 unspecified atom stereocenters. The summed E-state index contributed by atoms with van der Waals surface area (Å²) in [6.45, 7) is 8.54. The van der Waals surface area contributed by atoms with Crippen molar-refractivity contribution in [2.24, 2.45) is 0 Å². The Morgan fingerprint density at radius 3 is 1.05 bits per heavy atom. The summed E-state index contributed by atoms with van der Waals surface area (Å²) in [5.74, 6) is 1.68. The molecule has 12 aromatic carbocycles. The average Bonchev–Trinajstić information content (AvgIpc) is 1.00. The summed E-state index contributed by atoms with van der Waals surface area (Å²) < 4.78 is 7.74. The van der Waals surface area contributed by atoms with Gasteiger partial charge in [0.1, 0.15) is 11.5 Å². The summed E-state index contributed by atoms with van der Waals surface area (Å²) in [5, 5.41) is 0. The molecule has 0 bridgehead atoms. The van der Waals surface area contributed by atoms with E-state index in [1.54, 1.807) is 0 Å². The van der Waals surface area contributed by atoms with E-state index in [0.717, 1.165) is 108 Å². The first-order chi connectivity index (χ1) is 41.4. The SMILES string of the molecule is Cc1ccccc1N(c1cc2c3c(c1)N(c1ccccc1)c1ccccc1B3c1cc3c(cc1O2)N(c1ccccc1)c1cc(N(c2ccccc2C)c2ccccc2C)cc2c1B3c1ccccc1N2c1ccccc1)c1ccccc1C. The lowest BCUT2D eigenvalue weighted by Gasteiger charge is -2.46. The smallest absolute Gasteiger partial charge is 0.256 e. The standard InChI is InChI=1S/C76H57B2N5O/c1-50-26-14-20-38-63(50)82(64-39-21-15-27-51(64)2)57-44-70-75-71(45-57)81(56-34-12-7-13-35-56)69-49-73-62(48-61(69)77(75)59-36-18-24-42-67(59)79(70)54-30-8-5-9-31-54)78-60-37-19-25-43-68(60)80(55-32-10-6-11-33-55)72-46-58(47-74(84-73)76(72)78)83(65-40-22-16-28-52(65)3)66-41-23-17-29-53(66)4/h5-49H,1-4H3. The van der Waals surface area contributed by atoms with Crippen LogP contribution in [-0.4, -0.2) is 13.4 Å². The Morgan fingerprint density at radius 2 is 0.619 bits per heavy atom. The molecule has 0 N–H and O–H groups in total. The van der Waals surface area contributed by atoms with Crippen molar-refractivity contribution in [1.29, 1.82) is 0 Å². The van der Waals surface area contributed by atoms with Crippen LogP contribution in [0.3, 0.4) is 0 Å². The molecule has 0 atom stereocenters. The Bertz CT molecular complexity index is 4500. The third-order valence-electron chi connectivity index (χ3n) is 17.7. The Hall–Kier alpha value is -10.4.